The van der Waals surface area contributed by atoms with Gasteiger partial charge in [-0.15, -0.1) is 0 Å². The van der Waals surface area contributed by atoms with Gasteiger partial charge in [-0.25, -0.2) is 4.79 Å². The van der Waals surface area contributed by atoms with Gasteiger partial charge in [0.25, 0.3) is 0 Å². The van der Waals surface area contributed by atoms with E-state index in [0.717, 1.165) is 48.9 Å². The standard InChI is InChI=1S/C19H23NO4/c1-12-9-15(23-3)18-13(2)14(19(22)24-16(18)10-12)11-17(21)20-7-5-4-6-8-20/h9-10H,4-8,11H2,1-3H3. The Kier molecular flexibility index (Phi) is 4.60. The Hall–Kier alpha value is -2.30. The third-order valence-electron chi connectivity index (χ3n) is 4.74. The van der Waals surface area contributed by atoms with Crippen molar-refractivity contribution in [3.8, 4) is 5.75 Å². The van der Waals surface area contributed by atoms with Crippen molar-refractivity contribution in [1.29, 1.82) is 0 Å². The summed E-state index contributed by atoms with van der Waals surface area (Å²) in [4.78, 5) is 26.8. The maximum atomic E-state index is 12.5. The number of nitrogens with zero attached hydrogens (tertiary/aromatic N) is 1. The Balaban J connectivity index is 2.03. The van der Waals surface area contributed by atoms with E-state index in [1.54, 1.807) is 7.11 Å². The van der Waals surface area contributed by atoms with Crippen LogP contribution in [0, 0.1) is 13.8 Å². The Morgan fingerprint density at radius 1 is 1.21 bits per heavy atom. The zero-order chi connectivity index (χ0) is 17.3. The lowest BCUT2D eigenvalue weighted by atomic mass is 10.0. The molecule has 1 aromatic carbocycles. The second-order valence-electron chi connectivity index (χ2n) is 6.45. The second kappa shape index (κ2) is 6.67. The first-order chi connectivity index (χ1) is 11.5. The molecule has 1 amide bonds. The van der Waals surface area contributed by atoms with Crippen molar-refractivity contribution in [1.82, 2.24) is 4.90 Å². The van der Waals surface area contributed by atoms with E-state index >= 15 is 0 Å². The van der Waals surface area contributed by atoms with E-state index in [0.29, 0.717) is 16.9 Å². The number of aryl methyl sites for hydroxylation is 2. The van der Waals surface area contributed by atoms with Crippen LogP contribution in [-0.4, -0.2) is 31.0 Å². The van der Waals surface area contributed by atoms with Gasteiger partial charge in [0.05, 0.1) is 24.5 Å². The summed E-state index contributed by atoms with van der Waals surface area (Å²) in [5.74, 6) is 0.661. The van der Waals surface area contributed by atoms with Crippen LogP contribution in [0.3, 0.4) is 0 Å². The summed E-state index contributed by atoms with van der Waals surface area (Å²) >= 11 is 0. The highest BCUT2D eigenvalue weighted by molar-refractivity contribution is 5.89. The molecule has 3 rings (SSSR count). The maximum Gasteiger partial charge on any atom is 0.340 e. The van der Waals surface area contributed by atoms with Crippen molar-refractivity contribution in [2.75, 3.05) is 20.2 Å². The predicted octanol–water partition coefficient (Wildman–Crippen LogP) is 2.97. The number of amides is 1. The van der Waals surface area contributed by atoms with Crippen LogP contribution in [-0.2, 0) is 11.2 Å². The highest BCUT2D eigenvalue weighted by Gasteiger charge is 2.22. The third-order valence-corrected chi connectivity index (χ3v) is 4.74. The minimum Gasteiger partial charge on any atom is -0.496 e. The molecule has 0 N–H and O–H groups in total. The molecule has 24 heavy (non-hydrogen) atoms. The van der Waals surface area contributed by atoms with Crippen molar-refractivity contribution in [3.63, 3.8) is 0 Å². The molecule has 1 saturated heterocycles. The van der Waals surface area contributed by atoms with E-state index in [4.69, 9.17) is 9.15 Å². The zero-order valence-corrected chi connectivity index (χ0v) is 14.5. The van der Waals surface area contributed by atoms with Crippen LogP contribution in [0.25, 0.3) is 11.0 Å². The molecule has 0 unspecified atom stereocenters. The average molecular weight is 329 g/mol. The van der Waals surface area contributed by atoms with Crippen molar-refractivity contribution in [2.24, 2.45) is 0 Å². The van der Waals surface area contributed by atoms with Crippen LogP contribution in [0.15, 0.2) is 21.3 Å². The van der Waals surface area contributed by atoms with Crippen molar-refractivity contribution in [2.45, 2.75) is 39.5 Å². The molecule has 1 aliphatic heterocycles. The number of hydrogen-bond acceptors (Lipinski definition) is 4. The summed E-state index contributed by atoms with van der Waals surface area (Å²) < 4.78 is 10.9. The lowest BCUT2D eigenvalue weighted by molar-refractivity contribution is -0.131. The van der Waals surface area contributed by atoms with Gasteiger partial charge in [-0.05, 0) is 56.4 Å². The third kappa shape index (κ3) is 3.03. The van der Waals surface area contributed by atoms with E-state index in [1.807, 2.05) is 30.9 Å². The molecule has 0 spiro atoms. The average Bonchev–Trinajstić information content (AvgIpc) is 2.58. The van der Waals surface area contributed by atoms with Gasteiger partial charge in [0, 0.05) is 13.1 Å². The number of carbonyl (C=O) groups excluding carboxylic acids is 1. The SMILES string of the molecule is COc1cc(C)cc2oc(=O)c(CC(=O)N3CCCCC3)c(C)c12. The molecular formula is C19H23NO4. The number of methoxy groups -OCH3 is 1. The number of carbonyl (C=O) groups is 1. The summed E-state index contributed by atoms with van der Waals surface area (Å²) in [5, 5.41) is 0.768. The summed E-state index contributed by atoms with van der Waals surface area (Å²) in [6.07, 6.45) is 3.31. The molecule has 1 aromatic heterocycles. The molecule has 0 radical (unpaired) electrons. The van der Waals surface area contributed by atoms with E-state index in [1.165, 1.54) is 0 Å². The number of piperidine rings is 1. The molecule has 1 aliphatic rings. The van der Waals surface area contributed by atoms with E-state index < -0.39 is 5.63 Å². The van der Waals surface area contributed by atoms with Gasteiger partial charge in [-0.2, -0.15) is 0 Å². The van der Waals surface area contributed by atoms with Crippen LogP contribution in [0.4, 0.5) is 0 Å². The summed E-state index contributed by atoms with van der Waals surface area (Å²) in [6, 6.07) is 3.73. The first kappa shape index (κ1) is 16.6. The lowest BCUT2D eigenvalue weighted by Crippen LogP contribution is -2.37. The summed E-state index contributed by atoms with van der Waals surface area (Å²) in [6.45, 7) is 5.33. The fraction of sp³-hybridized carbons (Fsp3) is 0.474. The maximum absolute atomic E-state index is 12.5. The van der Waals surface area contributed by atoms with Gasteiger partial charge < -0.3 is 14.1 Å². The fourth-order valence-corrected chi connectivity index (χ4v) is 3.41. The second-order valence-corrected chi connectivity index (χ2v) is 6.45. The van der Waals surface area contributed by atoms with E-state index in [2.05, 4.69) is 0 Å². The minimum atomic E-state index is -0.432. The number of ether oxygens (including phenoxy) is 1. The topological polar surface area (TPSA) is 59.8 Å². The van der Waals surface area contributed by atoms with Crippen LogP contribution >= 0.6 is 0 Å². The Bertz CT molecular complexity index is 831. The number of hydrogen-bond donors (Lipinski definition) is 0. The fourth-order valence-electron chi connectivity index (χ4n) is 3.41. The van der Waals surface area contributed by atoms with Crippen LogP contribution in [0.2, 0.25) is 0 Å². The molecular weight excluding hydrogens is 306 g/mol. The van der Waals surface area contributed by atoms with Crippen LogP contribution in [0.5, 0.6) is 5.75 Å². The smallest absolute Gasteiger partial charge is 0.340 e. The first-order valence-corrected chi connectivity index (χ1v) is 8.40. The van der Waals surface area contributed by atoms with Gasteiger partial charge in [0.2, 0.25) is 5.91 Å². The van der Waals surface area contributed by atoms with Crippen molar-refractivity contribution < 1.29 is 13.9 Å². The molecule has 1 fully saturated rings. The van der Waals surface area contributed by atoms with Gasteiger partial charge in [0.1, 0.15) is 11.3 Å². The molecule has 0 atom stereocenters. The molecule has 5 nitrogen and oxygen atoms in total. The predicted molar refractivity (Wildman–Crippen MR) is 92.6 cm³/mol. The van der Waals surface area contributed by atoms with E-state index in [9.17, 15) is 9.59 Å². The molecule has 2 aromatic rings. The molecule has 128 valence electrons. The Morgan fingerprint density at radius 2 is 1.92 bits per heavy atom. The van der Waals surface area contributed by atoms with Crippen LogP contribution < -0.4 is 10.4 Å². The van der Waals surface area contributed by atoms with Gasteiger partial charge >= 0.3 is 5.63 Å². The Morgan fingerprint density at radius 3 is 2.58 bits per heavy atom. The highest BCUT2D eigenvalue weighted by Crippen LogP contribution is 2.31. The van der Waals surface area contributed by atoms with Crippen molar-refractivity contribution >= 4 is 16.9 Å². The summed E-state index contributed by atoms with van der Waals surface area (Å²) in [5.41, 5.74) is 2.23. The highest BCUT2D eigenvalue weighted by atomic mass is 16.5. The monoisotopic (exact) mass is 329 g/mol. The number of fused-ring (bicyclic) bond motifs is 1. The molecule has 2 heterocycles. The van der Waals surface area contributed by atoms with Gasteiger partial charge in [-0.3, -0.25) is 4.79 Å². The van der Waals surface area contributed by atoms with E-state index in [-0.39, 0.29) is 12.3 Å². The van der Waals surface area contributed by atoms with Crippen molar-refractivity contribution in [3.05, 3.63) is 39.2 Å². The first-order valence-electron chi connectivity index (χ1n) is 8.40. The molecule has 0 aliphatic carbocycles. The van der Waals surface area contributed by atoms with Gasteiger partial charge in [0.15, 0.2) is 0 Å². The van der Waals surface area contributed by atoms with Crippen LogP contribution in [0.1, 0.15) is 36.0 Å². The Labute approximate surface area is 141 Å². The molecule has 5 heteroatoms. The zero-order valence-electron chi connectivity index (χ0n) is 14.5. The quantitative estimate of drug-likeness (QED) is 0.812. The molecule has 0 bridgehead atoms. The number of likely N-dealkylation sites (tertiary alicyclic amines) is 1. The minimum absolute atomic E-state index is 0.00414. The molecule has 0 saturated carbocycles. The normalized spacial score (nSPS) is 14.9. The number of benzene rings is 1. The lowest BCUT2D eigenvalue weighted by Gasteiger charge is -2.26. The van der Waals surface area contributed by atoms with Gasteiger partial charge in [-0.1, -0.05) is 0 Å². The largest absolute Gasteiger partial charge is 0.496 e. The summed E-state index contributed by atoms with van der Waals surface area (Å²) in [7, 11) is 1.59. The number of rotatable bonds is 3.